The minimum absolute atomic E-state index is 0.117. The molecule has 3 aromatic rings. The molecule has 0 spiro atoms. The minimum atomic E-state index is -1.14. The van der Waals surface area contributed by atoms with Crippen LogP contribution in [0.5, 0.6) is 0 Å². The van der Waals surface area contributed by atoms with Crippen LogP contribution >= 0.6 is 0 Å². The van der Waals surface area contributed by atoms with E-state index in [-0.39, 0.29) is 12.1 Å². The molecular formula is C28H42N8O3Si. The van der Waals surface area contributed by atoms with Crippen LogP contribution in [0.4, 0.5) is 4.79 Å². The predicted molar refractivity (Wildman–Crippen MR) is 156 cm³/mol. The Labute approximate surface area is 237 Å². The molecule has 0 N–H and O–H groups in total. The monoisotopic (exact) mass is 566 g/mol. The quantitative estimate of drug-likeness (QED) is 0.258. The van der Waals surface area contributed by atoms with Gasteiger partial charge < -0.3 is 18.9 Å². The van der Waals surface area contributed by atoms with Gasteiger partial charge >= 0.3 is 6.09 Å². The molecule has 4 heterocycles. The molecular weight excluding hydrogens is 524 g/mol. The fourth-order valence-electron chi connectivity index (χ4n) is 4.62. The average molecular weight is 567 g/mol. The van der Waals surface area contributed by atoms with Gasteiger partial charge in [0.2, 0.25) is 0 Å². The van der Waals surface area contributed by atoms with Crippen LogP contribution in [0, 0.1) is 11.3 Å². The average Bonchev–Trinajstić information content (AvgIpc) is 3.53. The van der Waals surface area contributed by atoms with Crippen LogP contribution in [0.25, 0.3) is 22.3 Å². The Morgan fingerprint density at radius 1 is 1.18 bits per heavy atom. The van der Waals surface area contributed by atoms with Crippen molar-refractivity contribution in [3.8, 4) is 17.3 Å². The van der Waals surface area contributed by atoms with Crippen LogP contribution in [0.1, 0.15) is 33.2 Å². The molecule has 0 aliphatic carbocycles. The van der Waals surface area contributed by atoms with Crippen molar-refractivity contribution >= 4 is 25.2 Å². The third kappa shape index (κ3) is 7.90. The van der Waals surface area contributed by atoms with Gasteiger partial charge in [0.1, 0.15) is 24.3 Å². The number of amides is 1. The molecule has 216 valence electrons. The van der Waals surface area contributed by atoms with E-state index < -0.39 is 13.7 Å². The predicted octanol–water partition coefficient (Wildman–Crippen LogP) is 4.61. The molecule has 0 saturated carbocycles. The van der Waals surface area contributed by atoms with Crippen LogP contribution in [-0.2, 0) is 16.2 Å². The summed E-state index contributed by atoms with van der Waals surface area (Å²) in [4.78, 5) is 25.5. The van der Waals surface area contributed by atoms with Crippen molar-refractivity contribution in [3.05, 3.63) is 31.0 Å². The van der Waals surface area contributed by atoms with E-state index in [1.807, 2.05) is 48.5 Å². The van der Waals surface area contributed by atoms with E-state index >= 15 is 0 Å². The van der Waals surface area contributed by atoms with Crippen molar-refractivity contribution in [1.29, 1.82) is 5.26 Å². The lowest BCUT2D eigenvalue weighted by molar-refractivity contribution is 0.0134. The van der Waals surface area contributed by atoms with Crippen molar-refractivity contribution in [2.75, 3.05) is 39.3 Å². The topological polar surface area (TPSA) is 114 Å². The van der Waals surface area contributed by atoms with E-state index in [1.54, 1.807) is 17.4 Å². The zero-order valence-corrected chi connectivity index (χ0v) is 25.6. The number of carbonyl (C=O) groups excluding carboxylic acids is 1. The standard InChI is InChI=1S/C28H42N8O3Si/c1-28(2,3)39-27(37)34-13-11-33(12-14-34)19-23(7-9-29)36-18-22(17-32-36)25-24-8-10-35(26(24)31-20-30-25)21-38-15-16-40(4,5)6/h8,10,17-18,20,23H,7,11-16,19,21H2,1-6H3/t23-/m1/s1. The summed E-state index contributed by atoms with van der Waals surface area (Å²) < 4.78 is 15.3. The van der Waals surface area contributed by atoms with Gasteiger partial charge in [0.15, 0.2) is 0 Å². The molecule has 1 saturated heterocycles. The zero-order chi connectivity index (χ0) is 28.9. The third-order valence-corrected chi connectivity index (χ3v) is 8.56. The van der Waals surface area contributed by atoms with Crippen LogP contribution in [0.2, 0.25) is 25.7 Å². The number of aromatic nitrogens is 5. The number of hydrogen-bond acceptors (Lipinski definition) is 8. The molecule has 1 aliphatic heterocycles. The van der Waals surface area contributed by atoms with Crippen molar-refractivity contribution in [3.63, 3.8) is 0 Å². The molecule has 1 amide bonds. The normalized spacial score (nSPS) is 15.8. The Bertz CT molecular complexity index is 1330. The Morgan fingerprint density at radius 3 is 2.60 bits per heavy atom. The summed E-state index contributed by atoms with van der Waals surface area (Å²) in [7, 11) is -1.14. The number of nitriles is 1. The number of piperazine rings is 1. The van der Waals surface area contributed by atoms with E-state index in [0.717, 1.165) is 48.0 Å². The maximum absolute atomic E-state index is 12.4. The fourth-order valence-corrected chi connectivity index (χ4v) is 5.38. The molecule has 12 heteroatoms. The summed E-state index contributed by atoms with van der Waals surface area (Å²) in [6.07, 6.45) is 7.37. The first-order valence-electron chi connectivity index (χ1n) is 13.9. The van der Waals surface area contributed by atoms with Crippen molar-refractivity contribution in [1.82, 2.24) is 34.1 Å². The summed E-state index contributed by atoms with van der Waals surface area (Å²) >= 11 is 0. The highest BCUT2D eigenvalue weighted by Gasteiger charge is 2.27. The van der Waals surface area contributed by atoms with Gasteiger partial charge in [-0.15, -0.1) is 0 Å². The number of hydrogen-bond donors (Lipinski definition) is 0. The maximum Gasteiger partial charge on any atom is 0.410 e. The summed E-state index contributed by atoms with van der Waals surface area (Å²) in [5.74, 6) is 0. The first-order valence-corrected chi connectivity index (χ1v) is 17.6. The van der Waals surface area contributed by atoms with Gasteiger partial charge in [-0.05, 0) is 32.9 Å². The van der Waals surface area contributed by atoms with E-state index in [0.29, 0.717) is 32.8 Å². The molecule has 11 nitrogen and oxygen atoms in total. The molecule has 3 aromatic heterocycles. The van der Waals surface area contributed by atoms with Crippen molar-refractivity contribution in [2.24, 2.45) is 0 Å². The number of fused-ring (bicyclic) bond motifs is 1. The molecule has 4 rings (SSSR count). The highest BCUT2D eigenvalue weighted by Crippen LogP contribution is 2.27. The first-order chi connectivity index (χ1) is 18.9. The van der Waals surface area contributed by atoms with E-state index in [2.05, 4.69) is 45.7 Å². The Hall–Kier alpha value is -3.27. The van der Waals surface area contributed by atoms with Crippen molar-refractivity contribution in [2.45, 2.75) is 71.3 Å². The van der Waals surface area contributed by atoms with Gasteiger partial charge in [0, 0.05) is 70.7 Å². The molecule has 1 fully saturated rings. The van der Waals surface area contributed by atoms with Crippen LogP contribution in [-0.4, -0.2) is 93.2 Å². The minimum Gasteiger partial charge on any atom is -0.444 e. The number of carbonyl (C=O) groups is 1. The second-order valence-electron chi connectivity index (χ2n) is 12.6. The van der Waals surface area contributed by atoms with Gasteiger partial charge in [-0.1, -0.05) is 19.6 Å². The van der Waals surface area contributed by atoms with Crippen LogP contribution < -0.4 is 0 Å². The van der Waals surface area contributed by atoms with Gasteiger partial charge in [0.25, 0.3) is 0 Å². The van der Waals surface area contributed by atoms with Crippen molar-refractivity contribution < 1.29 is 14.3 Å². The number of nitrogens with zero attached hydrogens (tertiary/aromatic N) is 8. The van der Waals surface area contributed by atoms with Gasteiger partial charge in [-0.25, -0.2) is 14.8 Å². The van der Waals surface area contributed by atoms with Gasteiger partial charge in [0.05, 0.1) is 30.4 Å². The zero-order valence-electron chi connectivity index (χ0n) is 24.6. The lowest BCUT2D eigenvalue weighted by Gasteiger charge is -2.36. The Balaban J connectivity index is 1.41. The second kappa shape index (κ2) is 12.5. The highest BCUT2D eigenvalue weighted by molar-refractivity contribution is 6.76. The molecule has 0 radical (unpaired) electrons. The number of rotatable bonds is 10. The third-order valence-electron chi connectivity index (χ3n) is 6.85. The van der Waals surface area contributed by atoms with Crippen LogP contribution in [0.3, 0.4) is 0 Å². The molecule has 0 unspecified atom stereocenters. The Morgan fingerprint density at radius 2 is 1.93 bits per heavy atom. The van der Waals surface area contributed by atoms with Crippen LogP contribution in [0.15, 0.2) is 31.0 Å². The lowest BCUT2D eigenvalue weighted by Crippen LogP contribution is -2.51. The van der Waals surface area contributed by atoms with Gasteiger partial charge in [-0.2, -0.15) is 10.4 Å². The second-order valence-corrected chi connectivity index (χ2v) is 18.2. The SMILES string of the molecule is CC(C)(C)OC(=O)N1CCN(C[C@@H](CC#N)n2cc(-c3ncnc4c3ccn4COCC[Si](C)(C)C)cn2)CC1. The Kier molecular flexibility index (Phi) is 9.28. The molecule has 1 aliphatic rings. The first kappa shape index (κ1) is 29.7. The summed E-state index contributed by atoms with van der Waals surface area (Å²) in [6, 6.07) is 5.33. The molecule has 0 aromatic carbocycles. The largest absolute Gasteiger partial charge is 0.444 e. The van der Waals surface area contributed by atoms with E-state index in [9.17, 15) is 10.1 Å². The summed E-state index contributed by atoms with van der Waals surface area (Å²) in [5, 5.41) is 15.1. The number of ether oxygens (including phenoxy) is 2. The molecule has 0 bridgehead atoms. The summed E-state index contributed by atoms with van der Waals surface area (Å²) in [6.45, 7) is 17.1. The summed E-state index contributed by atoms with van der Waals surface area (Å²) in [5.41, 5.74) is 1.99. The fraction of sp³-hybridized carbons (Fsp3) is 0.607. The molecule has 1 atom stereocenters. The maximum atomic E-state index is 12.4. The van der Waals surface area contributed by atoms with E-state index in [4.69, 9.17) is 9.47 Å². The lowest BCUT2D eigenvalue weighted by atomic mass is 10.1. The van der Waals surface area contributed by atoms with E-state index in [1.165, 1.54) is 0 Å². The highest BCUT2D eigenvalue weighted by atomic mass is 28.3. The molecule has 40 heavy (non-hydrogen) atoms. The smallest absolute Gasteiger partial charge is 0.410 e. The van der Waals surface area contributed by atoms with Gasteiger partial charge in [-0.3, -0.25) is 9.58 Å².